The van der Waals surface area contributed by atoms with Crippen molar-refractivity contribution in [1.29, 1.82) is 0 Å². The highest BCUT2D eigenvalue weighted by atomic mass is 16.6. The highest BCUT2D eigenvalue weighted by Gasteiger charge is 2.21. The maximum atomic E-state index is 10.8. The molecule has 1 rings (SSSR count). The van der Waals surface area contributed by atoms with Gasteiger partial charge in [-0.15, -0.1) is 0 Å². The van der Waals surface area contributed by atoms with Crippen LogP contribution in [0.3, 0.4) is 0 Å². The van der Waals surface area contributed by atoms with Crippen molar-refractivity contribution < 1.29 is 14.3 Å². The molecule has 1 saturated heterocycles. The van der Waals surface area contributed by atoms with Gasteiger partial charge in [-0.3, -0.25) is 4.90 Å². The molecule has 1 aliphatic rings. The lowest BCUT2D eigenvalue weighted by Gasteiger charge is -2.31. The van der Waals surface area contributed by atoms with Gasteiger partial charge in [-0.05, 0) is 7.05 Å². The fraction of sp³-hybridized carbons (Fsp3) is 0.625. The number of nitrogens with zero attached hydrogens (tertiary/aromatic N) is 1. The summed E-state index contributed by atoms with van der Waals surface area (Å²) >= 11 is 0. The van der Waals surface area contributed by atoms with Crippen LogP contribution in [0.4, 0.5) is 0 Å². The summed E-state index contributed by atoms with van der Waals surface area (Å²) in [7, 11) is 1.89. The Labute approximate surface area is 71.7 Å². The Morgan fingerprint density at radius 1 is 1.83 bits per heavy atom. The lowest BCUT2D eigenvalue weighted by molar-refractivity contribution is -0.166. The summed E-state index contributed by atoms with van der Waals surface area (Å²) in [5.41, 5.74) is 0. The largest absolute Gasteiger partial charge is 0.441 e. The fourth-order valence-corrected chi connectivity index (χ4v) is 0.970. The number of carbonyl (C=O) groups excluding carboxylic acids is 1. The molecule has 68 valence electrons. The van der Waals surface area contributed by atoms with Gasteiger partial charge in [0.2, 0.25) is 0 Å². The van der Waals surface area contributed by atoms with E-state index in [0.717, 1.165) is 12.6 Å². The molecule has 0 aromatic rings. The van der Waals surface area contributed by atoms with E-state index in [1.54, 1.807) is 0 Å². The van der Waals surface area contributed by atoms with Gasteiger partial charge in [0, 0.05) is 12.6 Å². The van der Waals surface area contributed by atoms with E-state index >= 15 is 0 Å². The van der Waals surface area contributed by atoms with Gasteiger partial charge >= 0.3 is 5.97 Å². The second-order valence-corrected chi connectivity index (χ2v) is 2.65. The zero-order valence-corrected chi connectivity index (χ0v) is 7.16. The number of rotatable bonds is 2. The average Bonchev–Trinajstić information content (AvgIpc) is 2.09. The molecule has 0 radical (unpaired) electrons. The minimum absolute atomic E-state index is 0.260. The Morgan fingerprint density at radius 2 is 2.58 bits per heavy atom. The number of esters is 1. The van der Waals surface area contributed by atoms with Crippen molar-refractivity contribution in [1.82, 2.24) is 4.90 Å². The van der Waals surface area contributed by atoms with Gasteiger partial charge in [0.25, 0.3) is 0 Å². The molecular weight excluding hydrogens is 158 g/mol. The third kappa shape index (κ3) is 2.32. The molecule has 0 amide bonds. The molecule has 0 N–H and O–H groups in total. The Balaban J connectivity index is 2.38. The molecule has 4 heteroatoms. The molecule has 1 heterocycles. The topological polar surface area (TPSA) is 38.8 Å². The summed E-state index contributed by atoms with van der Waals surface area (Å²) in [5.74, 6) is -0.405. The summed E-state index contributed by atoms with van der Waals surface area (Å²) in [6.07, 6.45) is 0.895. The molecule has 12 heavy (non-hydrogen) atoms. The van der Waals surface area contributed by atoms with Gasteiger partial charge in [0.05, 0.1) is 13.2 Å². The van der Waals surface area contributed by atoms with Crippen LogP contribution < -0.4 is 0 Å². The van der Waals surface area contributed by atoms with Gasteiger partial charge < -0.3 is 9.47 Å². The predicted octanol–water partition coefficient (Wildman–Crippen LogP) is 0.00370. The Kier molecular flexibility index (Phi) is 3.25. The van der Waals surface area contributed by atoms with Crippen molar-refractivity contribution in [2.75, 3.05) is 26.8 Å². The first-order chi connectivity index (χ1) is 5.74. The first-order valence-electron chi connectivity index (χ1n) is 3.85. The van der Waals surface area contributed by atoms with Crippen LogP contribution >= 0.6 is 0 Å². The van der Waals surface area contributed by atoms with Crippen molar-refractivity contribution >= 4 is 5.97 Å². The molecule has 1 atom stereocenters. The molecule has 4 nitrogen and oxygen atoms in total. The quantitative estimate of drug-likeness (QED) is 0.433. The third-order valence-corrected chi connectivity index (χ3v) is 1.76. The van der Waals surface area contributed by atoms with Crippen molar-refractivity contribution in [3.8, 4) is 0 Å². The van der Waals surface area contributed by atoms with E-state index in [2.05, 4.69) is 6.58 Å². The van der Waals surface area contributed by atoms with E-state index in [9.17, 15) is 4.79 Å². The first-order valence-corrected chi connectivity index (χ1v) is 3.85. The molecule has 0 aromatic heterocycles. The van der Waals surface area contributed by atoms with Crippen LogP contribution in [-0.4, -0.2) is 43.9 Å². The lowest BCUT2D eigenvalue weighted by Crippen LogP contribution is -2.45. The number of ether oxygens (including phenoxy) is 2. The Morgan fingerprint density at radius 3 is 3.17 bits per heavy atom. The molecule has 0 saturated carbocycles. The Bertz CT molecular complexity index is 181. The second-order valence-electron chi connectivity index (χ2n) is 2.65. The number of hydrogen-bond acceptors (Lipinski definition) is 4. The summed E-state index contributed by atoms with van der Waals surface area (Å²) in [5, 5.41) is 0. The molecule has 1 unspecified atom stereocenters. The summed E-state index contributed by atoms with van der Waals surface area (Å²) in [6.45, 7) is 5.24. The SMILES string of the molecule is C=CC(=O)OC1COCCN1C. The van der Waals surface area contributed by atoms with Crippen LogP contribution in [0.2, 0.25) is 0 Å². The molecule has 0 aliphatic carbocycles. The van der Waals surface area contributed by atoms with Crippen molar-refractivity contribution in [2.24, 2.45) is 0 Å². The number of carbonyl (C=O) groups is 1. The molecule has 1 aliphatic heterocycles. The van der Waals surface area contributed by atoms with E-state index in [4.69, 9.17) is 9.47 Å². The van der Waals surface area contributed by atoms with E-state index in [0.29, 0.717) is 13.2 Å². The minimum Gasteiger partial charge on any atom is -0.441 e. The summed E-state index contributed by atoms with van der Waals surface area (Å²) in [6, 6.07) is 0. The van der Waals surface area contributed by atoms with Crippen LogP contribution in [0.1, 0.15) is 0 Å². The van der Waals surface area contributed by atoms with Crippen LogP contribution in [-0.2, 0) is 14.3 Å². The fourth-order valence-electron chi connectivity index (χ4n) is 0.970. The maximum absolute atomic E-state index is 10.8. The van der Waals surface area contributed by atoms with Crippen molar-refractivity contribution in [2.45, 2.75) is 6.23 Å². The summed E-state index contributed by atoms with van der Waals surface area (Å²) < 4.78 is 10.1. The van der Waals surface area contributed by atoms with Crippen LogP contribution in [0.5, 0.6) is 0 Å². The highest BCUT2D eigenvalue weighted by Crippen LogP contribution is 2.05. The maximum Gasteiger partial charge on any atom is 0.331 e. The average molecular weight is 171 g/mol. The molecule has 0 spiro atoms. The summed E-state index contributed by atoms with van der Waals surface area (Å²) in [4.78, 5) is 12.7. The normalized spacial score (nSPS) is 24.9. The molecule has 1 fully saturated rings. The number of likely N-dealkylation sites (N-methyl/N-ethyl adjacent to an activating group) is 1. The van der Waals surface area contributed by atoms with E-state index in [1.165, 1.54) is 0 Å². The zero-order chi connectivity index (χ0) is 8.97. The molecule has 0 aromatic carbocycles. The van der Waals surface area contributed by atoms with Crippen LogP contribution in [0.25, 0.3) is 0 Å². The first kappa shape index (κ1) is 9.22. The van der Waals surface area contributed by atoms with E-state index in [1.807, 2.05) is 11.9 Å². The Hall–Kier alpha value is -0.870. The number of hydrogen-bond donors (Lipinski definition) is 0. The van der Waals surface area contributed by atoms with Crippen LogP contribution in [0, 0.1) is 0 Å². The number of morpholine rings is 1. The van der Waals surface area contributed by atoms with Crippen LogP contribution in [0.15, 0.2) is 12.7 Å². The van der Waals surface area contributed by atoms with Gasteiger partial charge in [-0.25, -0.2) is 4.79 Å². The second kappa shape index (κ2) is 4.23. The lowest BCUT2D eigenvalue weighted by atomic mass is 10.4. The minimum atomic E-state index is -0.405. The third-order valence-electron chi connectivity index (χ3n) is 1.76. The standard InChI is InChI=1S/C8H13NO3/c1-3-8(10)12-7-6-11-5-4-9(7)2/h3,7H,1,4-6H2,2H3. The molecule has 0 bridgehead atoms. The van der Waals surface area contributed by atoms with E-state index < -0.39 is 5.97 Å². The highest BCUT2D eigenvalue weighted by molar-refractivity contribution is 5.81. The monoisotopic (exact) mass is 171 g/mol. The van der Waals surface area contributed by atoms with E-state index in [-0.39, 0.29) is 6.23 Å². The smallest absolute Gasteiger partial charge is 0.331 e. The van der Waals surface area contributed by atoms with Crippen molar-refractivity contribution in [3.05, 3.63) is 12.7 Å². The molecular formula is C8H13NO3. The van der Waals surface area contributed by atoms with Gasteiger partial charge in [-0.2, -0.15) is 0 Å². The van der Waals surface area contributed by atoms with Gasteiger partial charge in [-0.1, -0.05) is 6.58 Å². The zero-order valence-electron chi connectivity index (χ0n) is 7.16. The predicted molar refractivity (Wildman–Crippen MR) is 43.5 cm³/mol. The van der Waals surface area contributed by atoms with Gasteiger partial charge in [0.1, 0.15) is 0 Å². The van der Waals surface area contributed by atoms with Crippen molar-refractivity contribution in [3.63, 3.8) is 0 Å². The van der Waals surface area contributed by atoms with Gasteiger partial charge in [0.15, 0.2) is 6.23 Å².